The first-order valence-corrected chi connectivity index (χ1v) is 11.0. The van der Waals surface area contributed by atoms with E-state index in [1.54, 1.807) is 56.5 Å². The molecule has 1 aliphatic rings. The summed E-state index contributed by atoms with van der Waals surface area (Å²) in [5.74, 6) is -1.28. The Kier molecular flexibility index (Phi) is 5.72. The van der Waals surface area contributed by atoms with Crippen LogP contribution in [-0.2, 0) is 24.3 Å². The molecule has 0 saturated heterocycles. The van der Waals surface area contributed by atoms with Crippen molar-refractivity contribution >= 4 is 38.8 Å². The Hall–Kier alpha value is -2.78. The quantitative estimate of drug-likeness (QED) is 0.671. The van der Waals surface area contributed by atoms with Gasteiger partial charge in [-0.05, 0) is 32.2 Å². The molecule has 9 heteroatoms. The number of Topliss-reactive ketones (excluding diaryl/α,β-unsaturated/α-hetero) is 1. The van der Waals surface area contributed by atoms with Crippen LogP contribution in [0, 0.1) is 0 Å². The fourth-order valence-electron chi connectivity index (χ4n) is 2.58. The van der Waals surface area contributed by atoms with Crippen molar-refractivity contribution in [3.63, 3.8) is 0 Å². The van der Waals surface area contributed by atoms with Crippen molar-refractivity contribution in [1.82, 2.24) is 0 Å². The summed E-state index contributed by atoms with van der Waals surface area (Å²) in [4.78, 5) is 24.6. The van der Waals surface area contributed by atoms with Crippen molar-refractivity contribution in [2.24, 2.45) is 4.40 Å². The summed E-state index contributed by atoms with van der Waals surface area (Å²) in [6, 6.07) is 9.56. The zero-order chi connectivity index (χ0) is 21.2. The smallest absolute Gasteiger partial charge is 0.344 e. The number of ether oxygens (including phenoxy) is 2. The van der Waals surface area contributed by atoms with Gasteiger partial charge in [0.25, 0.3) is 10.0 Å². The molecular weight excluding hydrogens is 414 g/mol. The maximum atomic E-state index is 12.7. The Labute approximate surface area is 172 Å². The van der Waals surface area contributed by atoms with Crippen molar-refractivity contribution in [3.8, 4) is 0 Å². The summed E-state index contributed by atoms with van der Waals surface area (Å²) < 4.78 is 39.7. The molecule has 1 aromatic carbocycles. The molecule has 0 aliphatic heterocycles. The first-order chi connectivity index (χ1) is 13.6. The van der Waals surface area contributed by atoms with Crippen LogP contribution in [0.4, 0.5) is 0 Å². The van der Waals surface area contributed by atoms with Crippen LogP contribution in [0.2, 0.25) is 0 Å². The van der Waals surface area contributed by atoms with E-state index in [2.05, 4.69) is 4.40 Å². The van der Waals surface area contributed by atoms with Crippen molar-refractivity contribution in [3.05, 3.63) is 64.7 Å². The maximum Gasteiger partial charge on any atom is 0.344 e. The molecule has 1 heterocycles. The number of hydrogen-bond donors (Lipinski definition) is 0. The van der Waals surface area contributed by atoms with Crippen LogP contribution in [0.3, 0.4) is 0 Å². The van der Waals surface area contributed by atoms with E-state index in [1.807, 2.05) is 0 Å². The third-order valence-electron chi connectivity index (χ3n) is 3.67. The highest BCUT2D eigenvalue weighted by atomic mass is 32.2. The van der Waals surface area contributed by atoms with E-state index in [4.69, 9.17) is 9.47 Å². The average molecular weight is 434 g/mol. The van der Waals surface area contributed by atoms with Crippen LogP contribution >= 0.6 is 11.3 Å². The van der Waals surface area contributed by atoms with Gasteiger partial charge in [-0.2, -0.15) is 12.8 Å². The van der Waals surface area contributed by atoms with E-state index in [-0.39, 0.29) is 21.2 Å². The van der Waals surface area contributed by atoms with Crippen LogP contribution in [0.25, 0.3) is 0 Å². The molecular formula is C20H19NO6S2. The molecule has 3 rings (SSSR count). The molecule has 29 heavy (non-hydrogen) atoms. The minimum Gasteiger partial charge on any atom is -0.478 e. The summed E-state index contributed by atoms with van der Waals surface area (Å²) >= 11 is 1.05. The summed E-state index contributed by atoms with van der Waals surface area (Å²) in [6.07, 6.45) is 1.24. The second-order valence-electron chi connectivity index (χ2n) is 7.14. The van der Waals surface area contributed by atoms with Gasteiger partial charge < -0.3 is 9.47 Å². The van der Waals surface area contributed by atoms with Gasteiger partial charge in [0.1, 0.15) is 9.81 Å². The fraction of sp³-hybridized carbons (Fsp3) is 0.250. The van der Waals surface area contributed by atoms with Gasteiger partial charge >= 0.3 is 5.97 Å². The number of sulfonamides is 1. The third kappa shape index (κ3) is 4.99. The second-order valence-corrected chi connectivity index (χ2v) is 9.92. The molecule has 0 spiro atoms. The molecule has 0 radical (unpaired) electrons. The first-order valence-electron chi connectivity index (χ1n) is 8.66. The van der Waals surface area contributed by atoms with Gasteiger partial charge in [-0.25, -0.2) is 4.79 Å². The van der Waals surface area contributed by atoms with E-state index >= 15 is 0 Å². The predicted octanol–water partition coefficient (Wildman–Crippen LogP) is 3.36. The van der Waals surface area contributed by atoms with Gasteiger partial charge in [0.15, 0.2) is 12.4 Å². The molecule has 7 nitrogen and oxygen atoms in total. The number of ketones is 1. The van der Waals surface area contributed by atoms with Crippen LogP contribution in [0.5, 0.6) is 0 Å². The fourth-order valence-corrected chi connectivity index (χ4v) is 4.54. The third-order valence-corrected chi connectivity index (χ3v) is 6.34. The average Bonchev–Trinajstić information content (AvgIpc) is 3.17. The standard InChI is InChI=1S/C20H19NO6S2/c1-20(2,3)27-17(22)12-26-16-11-15(13-7-4-5-8-14(13)19(16)23)21-29(24,25)18-9-6-10-28-18/h4-11H,12H2,1-3H3/b21-15+. The Morgan fingerprint density at radius 1 is 1.10 bits per heavy atom. The first kappa shape index (κ1) is 20.9. The highest BCUT2D eigenvalue weighted by Crippen LogP contribution is 2.25. The number of rotatable bonds is 5. The Balaban J connectivity index is 1.95. The van der Waals surface area contributed by atoms with E-state index in [0.717, 1.165) is 11.3 Å². The number of esters is 1. The SMILES string of the molecule is CC(C)(C)OC(=O)COC1=C/C(=N\S(=O)(=O)c2cccs2)c2ccccc2C1=O. The van der Waals surface area contributed by atoms with Crippen LogP contribution in [0.1, 0.15) is 36.7 Å². The molecule has 0 saturated carbocycles. The molecule has 152 valence electrons. The maximum absolute atomic E-state index is 12.7. The van der Waals surface area contributed by atoms with Crippen molar-refractivity contribution < 1.29 is 27.5 Å². The number of hydrogen-bond acceptors (Lipinski definition) is 7. The van der Waals surface area contributed by atoms with Crippen molar-refractivity contribution in [1.29, 1.82) is 0 Å². The molecule has 0 amide bonds. The number of carbonyl (C=O) groups is 2. The number of nitrogens with zero attached hydrogens (tertiary/aromatic N) is 1. The molecule has 0 unspecified atom stereocenters. The number of thiophene rings is 1. The molecule has 1 aromatic heterocycles. The van der Waals surface area contributed by atoms with Gasteiger partial charge in [0.2, 0.25) is 5.78 Å². The van der Waals surface area contributed by atoms with Gasteiger partial charge in [-0.1, -0.05) is 30.3 Å². The minimum atomic E-state index is -3.95. The van der Waals surface area contributed by atoms with E-state index in [0.29, 0.717) is 5.56 Å². The lowest BCUT2D eigenvalue weighted by Gasteiger charge is -2.21. The highest BCUT2D eigenvalue weighted by molar-refractivity contribution is 7.92. The van der Waals surface area contributed by atoms with E-state index < -0.39 is 34.0 Å². The zero-order valence-corrected chi connectivity index (χ0v) is 17.7. The number of allylic oxidation sites excluding steroid dienone is 2. The lowest BCUT2D eigenvalue weighted by atomic mass is 9.93. The number of benzene rings is 1. The van der Waals surface area contributed by atoms with Crippen molar-refractivity contribution in [2.75, 3.05) is 6.61 Å². The molecule has 0 fully saturated rings. The van der Waals surface area contributed by atoms with Crippen LogP contribution in [-0.4, -0.2) is 38.1 Å². The number of fused-ring (bicyclic) bond motifs is 1. The largest absolute Gasteiger partial charge is 0.478 e. The van der Waals surface area contributed by atoms with Gasteiger partial charge in [0, 0.05) is 17.2 Å². The molecule has 1 aliphatic carbocycles. The summed E-state index contributed by atoms with van der Waals surface area (Å²) in [7, 11) is -3.95. The lowest BCUT2D eigenvalue weighted by Crippen LogP contribution is -2.28. The molecule has 0 bridgehead atoms. The second kappa shape index (κ2) is 7.92. The molecule has 0 atom stereocenters. The van der Waals surface area contributed by atoms with Crippen LogP contribution < -0.4 is 0 Å². The Morgan fingerprint density at radius 3 is 2.41 bits per heavy atom. The normalized spacial score (nSPS) is 15.6. The number of carbonyl (C=O) groups excluding carboxylic acids is 2. The monoisotopic (exact) mass is 433 g/mol. The molecule has 2 aromatic rings. The summed E-state index contributed by atoms with van der Waals surface area (Å²) in [5.41, 5.74) is -0.0104. The summed E-state index contributed by atoms with van der Waals surface area (Å²) in [6.45, 7) is 4.66. The highest BCUT2D eigenvalue weighted by Gasteiger charge is 2.28. The van der Waals surface area contributed by atoms with E-state index in [1.165, 1.54) is 12.1 Å². The topological polar surface area (TPSA) is 99.1 Å². The van der Waals surface area contributed by atoms with Gasteiger partial charge in [0.05, 0.1) is 5.71 Å². The predicted molar refractivity (Wildman–Crippen MR) is 109 cm³/mol. The summed E-state index contributed by atoms with van der Waals surface area (Å²) in [5, 5.41) is 1.64. The molecule has 0 N–H and O–H groups in total. The van der Waals surface area contributed by atoms with E-state index in [9.17, 15) is 18.0 Å². The van der Waals surface area contributed by atoms with Crippen LogP contribution in [0.15, 0.2) is 62.2 Å². The zero-order valence-electron chi connectivity index (χ0n) is 16.0. The minimum absolute atomic E-state index is 0.0628. The Bertz CT molecular complexity index is 1110. The van der Waals surface area contributed by atoms with Gasteiger partial charge in [-0.3, -0.25) is 4.79 Å². The Morgan fingerprint density at radius 2 is 1.79 bits per heavy atom. The van der Waals surface area contributed by atoms with Gasteiger partial charge in [-0.15, -0.1) is 11.3 Å². The lowest BCUT2D eigenvalue weighted by molar-refractivity contribution is -0.158. The van der Waals surface area contributed by atoms with Crippen molar-refractivity contribution in [2.45, 2.75) is 30.6 Å².